The first kappa shape index (κ1) is 20.7. The zero-order valence-electron chi connectivity index (χ0n) is 14.5. The fourth-order valence-corrected chi connectivity index (χ4v) is 2.93. The van der Waals surface area contributed by atoms with Gasteiger partial charge in [-0.15, -0.1) is 0 Å². The van der Waals surface area contributed by atoms with Crippen LogP contribution in [0.5, 0.6) is 5.75 Å². The number of carbonyl (C=O) groups is 1. The van der Waals surface area contributed by atoms with Crippen LogP contribution in [-0.4, -0.2) is 29.2 Å². The van der Waals surface area contributed by atoms with E-state index in [1.54, 1.807) is 42.5 Å². The van der Waals surface area contributed by atoms with Crippen molar-refractivity contribution in [2.24, 2.45) is 5.73 Å². The third-order valence-electron chi connectivity index (χ3n) is 3.54. The van der Waals surface area contributed by atoms with E-state index in [2.05, 4.69) is 0 Å². The van der Waals surface area contributed by atoms with Gasteiger partial charge in [0, 0.05) is 13.2 Å². The van der Waals surface area contributed by atoms with Gasteiger partial charge in [-0.05, 0) is 30.2 Å². The number of nitrogens with zero attached hydrogens (tertiary/aromatic N) is 1. The molecular formula is C17H19N2O7P. The van der Waals surface area contributed by atoms with Crippen molar-refractivity contribution in [3.8, 4) is 5.75 Å². The molecule has 0 heterocycles. The molecule has 2 aromatic carbocycles. The third-order valence-corrected chi connectivity index (χ3v) is 4.54. The number of carboxylic acid groups (broad SMARTS) is 1. The highest BCUT2D eigenvalue weighted by atomic mass is 31.2. The molecule has 0 aromatic heterocycles. The second-order valence-electron chi connectivity index (χ2n) is 5.45. The standard InChI is InChI=1S/C17H19N2O7P/c1-24-27(25-11-13-4-2-3-5-16(13)19(22)23)26-14-8-6-12(7-9-14)10-15(18)17(20)21/h2-9,15H,10-11,18H2,1H3,(H,20,21). The molecule has 0 saturated carbocycles. The van der Waals surface area contributed by atoms with E-state index in [9.17, 15) is 14.9 Å². The van der Waals surface area contributed by atoms with Gasteiger partial charge in [0.1, 0.15) is 11.8 Å². The second kappa shape index (κ2) is 9.94. The highest BCUT2D eigenvalue weighted by Gasteiger charge is 2.18. The van der Waals surface area contributed by atoms with Gasteiger partial charge in [0.25, 0.3) is 5.69 Å². The molecule has 0 saturated heterocycles. The topological polar surface area (TPSA) is 134 Å². The van der Waals surface area contributed by atoms with Crippen LogP contribution in [-0.2, 0) is 26.9 Å². The Balaban J connectivity index is 1.95. The normalized spacial score (nSPS) is 13.0. The molecule has 0 radical (unpaired) electrons. The van der Waals surface area contributed by atoms with Crippen LogP contribution in [0.4, 0.5) is 5.69 Å². The minimum absolute atomic E-state index is 0.0392. The van der Waals surface area contributed by atoms with Crippen molar-refractivity contribution in [2.45, 2.75) is 19.1 Å². The number of nitro groups is 1. The van der Waals surface area contributed by atoms with Crippen molar-refractivity contribution >= 4 is 20.3 Å². The Labute approximate surface area is 156 Å². The van der Waals surface area contributed by atoms with E-state index in [4.69, 9.17) is 24.4 Å². The molecule has 3 N–H and O–H groups in total. The first-order valence-electron chi connectivity index (χ1n) is 7.85. The van der Waals surface area contributed by atoms with E-state index in [0.29, 0.717) is 11.3 Å². The van der Waals surface area contributed by atoms with Gasteiger partial charge >= 0.3 is 14.6 Å². The van der Waals surface area contributed by atoms with E-state index in [1.807, 2.05) is 0 Å². The van der Waals surface area contributed by atoms with Gasteiger partial charge in [0.15, 0.2) is 0 Å². The molecular weight excluding hydrogens is 375 g/mol. The van der Waals surface area contributed by atoms with Crippen LogP contribution in [0.15, 0.2) is 48.5 Å². The Morgan fingerprint density at radius 2 is 1.93 bits per heavy atom. The smallest absolute Gasteiger partial charge is 0.397 e. The molecule has 0 amide bonds. The molecule has 2 aromatic rings. The number of rotatable bonds is 10. The number of nitro benzene ring substituents is 1. The first-order valence-corrected chi connectivity index (χ1v) is 8.95. The molecule has 0 spiro atoms. The number of hydrogen-bond acceptors (Lipinski definition) is 7. The van der Waals surface area contributed by atoms with Gasteiger partial charge in [0.05, 0.1) is 17.1 Å². The lowest BCUT2D eigenvalue weighted by Gasteiger charge is -2.15. The maximum absolute atomic E-state index is 11.0. The summed E-state index contributed by atoms with van der Waals surface area (Å²) in [6, 6.07) is 12.0. The van der Waals surface area contributed by atoms with Crippen molar-refractivity contribution in [1.29, 1.82) is 0 Å². The van der Waals surface area contributed by atoms with Crippen molar-refractivity contribution in [3.05, 3.63) is 69.8 Å². The Kier molecular flexibility index (Phi) is 7.63. The quantitative estimate of drug-likeness (QED) is 0.357. The number of benzene rings is 2. The molecule has 144 valence electrons. The van der Waals surface area contributed by atoms with Crippen LogP contribution >= 0.6 is 8.60 Å². The monoisotopic (exact) mass is 394 g/mol. The molecule has 0 fully saturated rings. The van der Waals surface area contributed by atoms with Gasteiger partial charge in [-0.1, -0.05) is 24.3 Å². The predicted octanol–water partition coefficient (Wildman–Crippen LogP) is 3.02. The summed E-state index contributed by atoms with van der Waals surface area (Å²) in [6.07, 6.45) is 0.197. The molecule has 0 aliphatic carbocycles. The zero-order valence-corrected chi connectivity index (χ0v) is 15.4. The number of carboxylic acids is 1. The number of para-hydroxylation sites is 1. The Bertz CT molecular complexity index is 785. The van der Waals surface area contributed by atoms with Crippen LogP contribution in [0.1, 0.15) is 11.1 Å². The van der Waals surface area contributed by atoms with Crippen molar-refractivity contribution < 1.29 is 28.4 Å². The molecule has 2 unspecified atom stereocenters. The summed E-state index contributed by atoms with van der Waals surface area (Å²) < 4.78 is 16.3. The number of nitrogens with two attached hydrogens (primary N) is 1. The Morgan fingerprint density at radius 3 is 2.52 bits per heavy atom. The lowest BCUT2D eigenvalue weighted by atomic mass is 10.1. The molecule has 2 atom stereocenters. The highest BCUT2D eigenvalue weighted by Crippen LogP contribution is 2.41. The summed E-state index contributed by atoms with van der Waals surface area (Å²) in [5.74, 6) is -0.611. The lowest BCUT2D eigenvalue weighted by molar-refractivity contribution is -0.385. The van der Waals surface area contributed by atoms with E-state index < -0.39 is 25.5 Å². The van der Waals surface area contributed by atoms with Gasteiger partial charge < -0.3 is 19.9 Å². The van der Waals surface area contributed by atoms with Crippen LogP contribution in [0.2, 0.25) is 0 Å². The predicted molar refractivity (Wildman–Crippen MR) is 98.2 cm³/mol. The van der Waals surface area contributed by atoms with E-state index in [1.165, 1.54) is 13.2 Å². The van der Waals surface area contributed by atoms with Gasteiger partial charge in [-0.2, -0.15) is 0 Å². The summed E-state index contributed by atoms with van der Waals surface area (Å²) in [5.41, 5.74) is 6.62. The lowest BCUT2D eigenvalue weighted by Crippen LogP contribution is -2.32. The molecule has 2 rings (SSSR count). The average Bonchev–Trinajstić information content (AvgIpc) is 2.66. The van der Waals surface area contributed by atoms with E-state index >= 15 is 0 Å². The van der Waals surface area contributed by atoms with Gasteiger partial charge in [-0.25, -0.2) is 0 Å². The summed E-state index contributed by atoms with van der Waals surface area (Å²) in [7, 11) is -0.360. The minimum Gasteiger partial charge on any atom is -0.480 e. The first-order chi connectivity index (χ1) is 12.9. The Hall–Kier alpha value is -2.58. The van der Waals surface area contributed by atoms with E-state index in [-0.39, 0.29) is 18.7 Å². The molecule has 9 nitrogen and oxygen atoms in total. The molecule has 27 heavy (non-hydrogen) atoms. The largest absolute Gasteiger partial charge is 0.480 e. The minimum atomic E-state index is -1.77. The van der Waals surface area contributed by atoms with Crippen molar-refractivity contribution in [2.75, 3.05) is 7.11 Å². The summed E-state index contributed by atoms with van der Waals surface area (Å²) in [5, 5.41) is 19.9. The molecule has 10 heteroatoms. The van der Waals surface area contributed by atoms with Crippen molar-refractivity contribution in [3.63, 3.8) is 0 Å². The Morgan fingerprint density at radius 1 is 1.26 bits per heavy atom. The molecule has 0 bridgehead atoms. The SMILES string of the molecule is COP(OCc1ccccc1[N+](=O)[O-])Oc1ccc(CC(N)C(=O)O)cc1. The van der Waals surface area contributed by atoms with Crippen LogP contribution < -0.4 is 10.3 Å². The van der Waals surface area contributed by atoms with Gasteiger partial charge in [-0.3, -0.25) is 19.4 Å². The summed E-state index contributed by atoms with van der Waals surface area (Å²) in [4.78, 5) is 21.3. The molecule has 0 aliphatic rings. The summed E-state index contributed by atoms with van der Waals surface area (Å²) >= 11 is 0. The summed E-state index contributed by atoms with van der Waals surface area (Å²) in [6.45, 7) is -0.0394. The third kappa shape index (κ3) is 6.26. The van der Waals surface area contributed by atoms with Crippen LogP contribution in [0, 0.1) is 10.1 Å². The fraction of sp³-hybridized carbons (Fsp3) is 0.235. The number of hydrogen-bond donors (Lipinski definition) is 2. The molecule has 0 aliphatic heterocycles. The average molecular weight is 394 g/mol. The second-order valence-corrected chi connectivity index (χ2v) is 6.70. The number of aliphatic carboxylic acids is 1. The van der Waals surface area contributed by atoms with Crippen LogP contribution in [0.3, 0.4) is 0 Å². The maximum Gasteiger partial charge on any atom is 0.397 e. The van der Waals surface area contributed by atoms with Gasteiger partial charge in [0.2, 0.25) is 0 Å². The maximum atomic E-state index is 11.0. The highest BCUT2D eigenvalue weighted by molar-refractivity contribution is 7.42. The fourth-order valence-electron chi connectivity index (χ4n) is 2.16. The van der Waals surface area contributed by atoms with E-state index in [0.717, 1.165) is 5.56 Å². The van der Waals surface area contributed by atoms with Crippen molar-refractivity contribution in [1.82, 2.24) is 0 Å². The zero-order chi connectivity index (χ0) is 19.8. The van der Waals surface area contributed by atoms with Crippen LogP contribution in [0.25, 0.3) is 0 Å².